The van der Waals surface area contributed by atoms with Gasteiger partial charge in [0.05, 0.1) is 10.7 Å². The van der Waals surface area contributed by atoms with Crippen molar-refractivity contribution < 1.29 is 9.45 Å². The summed E-state index contributed by atoms with van der Waals surface area (Å²) in [7, 11) is 0. The summed E-state index contributed by atoms with van der Waals surface area (Å²) in [6.45, 7) is 1.99. The Labute approximate surface area is 165 Å². The molecule has 1 aliphatic carbocycles. The monoisotopic (exact) mass is 400 g/mol. The van der Waals surface area contributed by atoms with Crippen LogP contribution in [0.15, 0.2) is 33.9 Å². The molecule has 0 amide bonds. The molecule has 0 N–H and O–H groups in total. The molecule has 2 aromatic heterocycles. The molecule has 0 radical (unpaired) electrons. The molecule has 4 rings (SSSR count). The van der Waals surface area contributed by atoms with E-state index < -0.39 is 4.92 Å². The Hall–Kier alpha value is -2.75. The minimum absolute atomic E-state index is 0.0282. The summed E-state index contributed by atoms with van der Waals surface area (Å²) < 4.78 is 7.57. The average molecular weight is 400 g/mol. The van der Waals surface area contributed by atoms with Crippen LogP contribution in [-0.4, -0.2) is 29.8 Å². The first kappa shape index (κ1) is 18.6. The van der Waals surface area contributed by atoms with Crippen LogP contribution in [0, 0.1) is 17.0 Å². The van der Waals surface area contributed by atoms with Crippen LogP contribution < -0.4 is 0 Å². The topological polar surface area (TPSA) is 113 Å². The van der Waals surface area contributed by atoms with Gasteiger partial charge in [0, 0.05) is 23.7 Å². The second-order valence-electron chi connectivity index (χ2n) is 6.80. The number of benzene rings is 1. The first-order valence-electron chi connectivity index (χ1n) is 9.23. The maximum atomic E-state index is 10.8. The molecule has 0 saturated heterocycles. The minimum atomic E-state index is -0.438. The van der Waals surface area contributed by atoms with Gasteiger partial charge in [0.1, 0.15) is 5.82 Å². The first-order valence-corrected chi connectivity index (χ1v) is 10.2. The van der Waals surface area contributed by atoms with Crippen LogP contribution in [-0.2, 0) is 5.75 Å². The lowest BCUT2D eigenvalue weighted by Gasteiger charge is -2.24. The Morgan fingerprint density at radius 3 is 2.68 bits per heavy atom. The summed E-state index contributed by atoms with van der Waals surface area (Å²) in [5.74, 6) is 2.32. The fourth-order valence-electron chi connectivity index (χ4n) is 3.50. The van der Waals surface area contributed by atoms with E-state index in [2.05, 4.69) is 24.9 Å². The highest BCUT2D eigenvalue weighted by Gasteiger charge is 2.22. The zero-order chi connectivity index (χ0) is 19.5. The van der Waals surface area contributed by atoms with Gasteiger partial charge in [-0.25, -0.2) is 0 Å². The molecule has 1 saturated carbocycles. The average Bonchev–Trinajstić information content (AvgIpc) is 3.33. The molecule has 2 heterocycles. The Morgan fingerprint density at radius 1 is 1.21 bits per heavy atom. The lowest BCUT2D eigenvalue weighted by atomic mass is 9.95. The number of aryl methyl sites for hydroxylation is 1. The third-order valence-electron chi connectivity index (χ3n) is 4.90. The molecule has 146 valence electrons. The molecule has 0 spiro atoms. The predicted octanol–water partition coefficient (Wildman–Crippen LogP) is 4.34. The number of hydrogen-bond acceptors (Lipinski definition) is 8. The van der Waals surface area contributed by atoms with Crippen LogP contribution in [0.25, 0.3) is 11.4 Å². The summed E-state index contributed by atoms with van der Waals surface area (Å²) in [6, 6.07) is 6.54. The number of nitrogens with zero attached hydrogens (tertiary/aromatic N) is 6. The van der Waals surface area contributed by atoms with Crippen molar-refractivity contribution in [2.24, 2.45) is 0 Å². The minimum Gasteiger partial charge on any atom is -0.338 e. The normalized spacial score (nSPS) is 15.0. The van der Waals surface area contributed by atoms with Crippen molar-refractivity contribution in [3.8, 4) is 11.4 Å². The van der Waals surface area contributed by atoms with Crippen LogP contribution in [0.3, 0.4) is 0 Å². The number of nitro benzene ring substituents is 1. The SMILES string of the molecule is Cc1nnc(SCc2nc(-c3ccc([N+](=O)[O-])cc3)no2)n1C1CCCCC1. The summed E-state index contributed by atoms with van der Waals surface area (Å²) in [5, 5.41) is 24.2. The lowest BCUT2D eigenvalue weighted by Crippen LogP contribution is -2.15. The Morgan fingerprint density at radius 2 is 1.96 bits per heavy atom. The molecule has 9 nitrogen and oxygen atoms in total. The Bertz CT molecular complexity index is 962. The maximum absolute atomic E-state index is 10.8. The van der Waals surface area contributed by atoms with Crippen LogP contribution in [0.5, 0.6) is 0 Å². The zero-order valence-electron chi connectivity index (χ0n) is 15.4. The second-order valence-corrected chi connectivity index (χ2v) is 7.74. The van der Waals surface area contributed by atoms with E-state index >= 15 is 0 Å². The lowest BCUT2D eigenvalue weighted by molar-refractivity contribution is -0.384. The molecule has 0 bridgehead atoms. The van der Waals surface area contributed by atoms with E-state index in [4.69, 9.17) is 4.52 Å². The number of thioether (sulfide) groups is 1. The highest BCUT2D eigenvalue weighted by molar-refractivity contribution is 7.98. The van der Waals surface area contributed by atoms with Gasteiger partial charge in [-0.1, -0.05) is 36.2 Å². The largest absolute Gasteiger partial charge is 0.338 e. The summed E-state index contributed by atoms with van der Waals surface area (Å²) >= 11 is 1.53. The van der Waals surface area contributed by atoms with Crippen LogP contribution in [0.2, 0.25) is 0 Å². The fraction of sp³-hybridized carbons (Fsp3) is 0.444. The van der Waals surface area contributed by atoms with Crippen molar-refractivity contribution in [3.05, 3.63) is 46.1 Å². The summed E-state index contributed by atoms with van der Waals surface area (Å²) in [4.78, 5) is 14.7. The molecule has 3 aromatic rings. The predicted molar refractivity (Wildman–Crippen MR) is 103 cm³/mol. The molecule has 1 fully saturated rings. The van der Waals surface area contributed by atoms with Crippen molar-refractivity contribution >= 4 is 17.4 Å². The number of aromatic nitrogens is 5. The van der Waals surface area contributed by atoms with Gasteiger partial charge in [-0.05, 0) is 31.9 Å². The molecule has 28 heavy (non-hydrogen) atoms. The van der Waals surface area contributed by atoms with Gasteiger partial charge >= 0.3 is 0 Å². The van der Waals surface area contributed by atoms with E-state index in [1.165, 1.54) is 43.2 Å². The summed E-state index contributed by atoms with van der Waals surface area (Å²) in [6.07, 6.45) is 6.12. The van der Waals surface area contributed by atoms with E-state index in [1.807, 2.05) is 6.92 Å². The highest BCUT2D eigenvalue weighted by atomic mass is 32.2. The molecule has 0 aliphatic heterocycles. The van der Waals surface area contributed by atoms with Gasteiger partial charge in [0.15, 0.2) is 5.16 Å². The number of rotatable bonds is 6. The van der Waals surface area contributed by atoms with E-state index in [0.29, 0.717) is 29.1 Å². The number of hydrogen-bond donors (Lipinski definition) is 0. The maximum Gasteiger partial charge on any atom is 0.269 e. The zero-order valence-corrected chi connectivity index (χ0v) is 16.3. The van der Waals surface area contributed by atoms with Gasteiger partial charge in [0.25, 0.3) is 5.69 Å². The highest BCUT2D eigenvalue weighted by Crippen LogP contribution is 2.33. The molecular weight excluding hydrogens is 380 g/mol. The Kier molecular flexibility index (Phi) is 5.38. The standard InChI is InChI=1S/C18H20N6O3S/c1-12-20-21-18(23(12)14-5-3-2-4-6-14)28-11-16-19-17(22-27-16)13-7-9-15(10-8-13)24(25)26/h7-10,14H,2-6,11H2,1H3. The molecule has 0 atom stereocenters. The van der Waals surface area contributed by atoms with Crippen molar-refractivity contribution in [3.63, 3.8) is 0 Å². The van der Waals surface area contributed by atoms with Gasteiger partial charge in [-0.15, -0.1) is 10.2 Å². The van der Waals surface area contributed by atoms with Gasteiger partial charge in [-0.3, -0.25) is 10.1 Å². The smallest absolute Gasteiger partial charge is 0.269 e. The van der Waals surface area contributed by atoms with Gasteiger partial charge < -0.3 is 9.09 Å². The van der Waals surface area contributed by atoms with Crippen molar-refractivity contribution in [2.45, 2.75) is 56.0 Å². The Balaban J connectivity index is 1.44. The second kappa shape index (κ2) is 8.09. The fourth-order valence-corrected chi connectivity index (χ4v) is 4.39. The van der Waals surface area contributed by atoms with E-state index in [-0.39, 0.29) is 5.69 Å². The molecular formula is C18H20N6O3S. The van der Waals surface area contributed by atoms with E-state index in [9.17, 15) is 10.1 Å². The quantitative estimate of drug-likeness (QED) is 0.341. The van der Waals surface area contributed by atoms with Crippen LogP contribution in [0.4, 0.5) is 5.69 Å². The van der Waals surface area contributed by atoms with Crippen LogP contribution >= 0.6 is 11.8 Å². The molecule has 1 aliphatic rings. The third-order valence-corrected chi connectivity index (χ3v) is 5.83. The third kappa shape index (κ3) is 3.91. The number of non-ortho nitro benzene ring substituents is 1. The number of nitro groups is 1. The molecule has 10 heteroatoms. The summed E-state index contributed by atoms with van der Waals surface area (Å²) in [5.41, 5.74) is 0.701. The van der Waals surface area contributed by atoms with Crippen molar-refractivity contribution in [1.29, 1.82) is 0 Å². The van der Waals surface area contributed by atoms with Gasteiger partial charge in [-0.2, -0.15) is 4.98 Å². The van der Waals surface area contributed by atoms with E-state index in [0.717, 1.165) is 23.8 Å². The first-order chi connectivity index (χ1) is 13.6. The van der Waals surface area contributed by atoms with Gasteiger partial charge in [0.2, 0.25) is 11.7 Å². The van der Waals surface area contributed by atoms with Crippen molar-refractivity contribution in [2.75, 3.05) is 0 Å². The molecule has 0 unspecified atom stereocenters. The molecule has 1 aromatic carbocycles. The van der Waals surface area contributed by atoms with E-state index in [1.54, 1.807) is 12.1 Å². The van der Waals surface area contributed by atoms with Crippen molar-refractivity contribution in [1.82, 2.24) is 24.9 Å². The van der Waals surface area contributed by atoms with Crippen LogP contribution in [0.1, 0.15) is 49.9 Å².